The van der Waals surface area contributed by atoms with Crippen molar-refractivity contribution in [1.82, 2.24) is 29.0 Å². The maximum Gasteiger partial charge on any atom is 0.490 e. The van der Waals surface area contributed by atoms with E-state index in [9.17, 15) is 17.6 Å². The molecule has 4 heterocycles. The van der Waals surface area contributed by atoms with Gasteiger partial charge in [0.15, 0.2) is 11.5 Å². The predicted octanol–water partition coefficient (Wildman–Crippen LogP) is 3.22. The normalized spacial score (nSPS) is 14.5. The molecule has 1 aliphatic heterocycles. The Kier molecular flexibility index (Phi) is 7.20. The van der Waals surface area contributed by atoms with Gasteiger partial charge in [-0.05, 0) is 17.7 Å². The number of hydrogen-bond acceptors (Lipinski definition) is 6. The largest absolute Gasteiger partial charge is 0.490 e. The van der Waals surface area contributed by atoms with E-state index in [1.54, 1.807) is 4.68 Å². The number of alkyl halides is 3. The van der Waals surface area contributed by atoms with E-state index in [4.69, 9.17) is 9.90 Å². The van der Waals surface area contributed by atoms with Gasteiger partial charge >= 0.3 is 12.1 Å². The summed E-state index contributed by atoms with van der Waals surface area (Å²) < 4.78 is 48.7. The van der Waals surface area contributed by atoms with Gasteiger partial charge in [-0.3, -0.25) is 14.0 Å². The number of hydrogen-bond donors (Lipinski definition) is 1. The van der Waals surface area contributed by atoms with E-state index in [1.165, 1.54) is 12.1 Å². The van der Waals surface area contributed by atoms with Crippen LogP contribution in [-0.4, -0.2) is 72.5 Å². The quantitative estimate of drug-likeness (QED) is 0.426. The summed E-state index contributed by atoms with van der Waals surface area (Å²) in [6, 6.07) is 6.76. The number of carbonyl (C=O) groups is 1. The van der Waals surface area contributed by atoms with Crippen LogP contribution < -0.4 is 4.90 Å². The second-order valence-electron chi connectivity index (χ2n) is 8.18. The molecule has 9 nitrogen and oxygen atoms in total. The van der Waals surface area contributed by atoms with Gasteiger partial charge in [-0.2, -0.15) is 18.3 Å². The van der Waals surface area contributed by atoms with Gasteiger partial charge in [0.25, 0.3) is 0 Å². The van der Waals surface area contributed by atoms with Crippen molar-refractivity contribution in [3.8, 4) is 11.3 Å². The number of carboxylic acids is 1. The van der Waals surface area contributed by atoms with Crippen LogP contribution in [0.1, 0.15) is 5.56 Å². The number of nitrogens with zero attached hydrogens (tertiary/aromatic N) is 7. The van der Waals surface area contributed by atoms with E-state index < -0.39 is 12.1 Å². The molecular formula is C23H23F4N7O2. The Labute approximate surface area is 203 Å². The number of halogens is 4. The Hall–Kier alpha value is -4.00. The van der Waals surface area contributed by atoms with E-state index in [1.807, 2.05) is 50.2 Å². The van der Waals surface area contributed by atoms with Crippen molar-refractivity contribution >= 4 is 17.4 Å². The zero-order valence-electron chi connectivity index (χ0n) is 19.2. The van der Waals surface area contributed by atoms with Gasteiger partial charge < -0.3 is 10.0 Å². The van der Waals surface area contributed by atoms with Crippen LogP contribution in [0.25, 0.3) is 16.9 Å². The molecule has 5 rings (SSSR count). The molecule has 36 heavy (non-hydrogen) atoms. The second kappa shape index (κ2) is 10.3. The highest BCUT2D eigenvalue weighted by molar-refractivity contribution is 5.73. The monoisotopic (exact) mass is 505 g/mol. The molecule has 1 N–H and O–H groups in total. The summed E-state index contributed by atoms with van der Waals surface area (Å²) in [6.45, 7) is 4.44. The maximum atomic E-state index is 13.1. The number of piperazine rings is 1. The topological polar surface area (TPSA) is 91.8 Å². The first-order chi connectivity index (χ1) is 17.1. The van der Waals surface area contributed by atoms with Crippen molar-refractivity contribution in [3.63, 3.8) is 0 Å². The third-order valence-electron chi connectivity index (χ3n) is 5.64. The van der Waals surface area contributed by atoms with Gasteiger partial charge in [-0.1, -0.05) is 12.1 Å². The molecule has 0 saturated carbocycles. The number of aliphatic carboxylic acids is 1. The van der Waals surface area contributed by atoms with Crippen molar-refractivity contribution in [1.29, 1.82) is 0 Å². The lowest BCUT2D eigenvalue weighted by Gasteiger charge is -2.35. The van der Waals surface area contributed by atoms with Crippen LogP contribution in [0.5, 0.6) is 0 Å². The Morgan fingerprint density at radius 2 is 1.72 bits per heavy atom. The molecule has 190 valence electrons. The number of aromatic nitrogens is 5. The van der Waals surface area contributed by atoms with Gasteiger partial charge in [0.1, 0.15) is 5.82 Å². The second-order valence-corrected chi connectivity index (χ2v) is 8.18. The van der Waals surface area contributed by atoms with E-state index >= 15 is 0 Å². The number of rotatable bonds is 4. The first-order valence-corrected chi connectivity index (χ1v) is 10.9. The summed E-state index contributed by atoms with van der Waals surface area (Å²) in [5.41, 5.74) is 4.03. The lowest BCUT2D eigenvalue weighted by Crippen LogP contribution is -2.46. The summed E-state index contributed by atoms with van der Waals surface area (Å²) in [4.78, 5) is 22.8. The summed E-state index contributed by atoms with van der Waals surface area (Å²) in [5, 5.41) is 11.4. The van der Waals surface area contributed by atoms with Crippen LogP contribution in [0.2, 0.25) is 0 Å². The molecule has 0 amide bonds. The van der Waals surface area contributed by atoms with Crippen LogP contribution in [0.4, 0.5) is 23.4 Å². The fourth-order valence-electron chi connectivity index (χ4n) is 3.86. The SMILES string of the molecule is Cn1cc(-c2cnc3c(N4CCN(Cc5ccc(F)cc5)CC4)nccn23)cn1.O=C(O)C(F)(F)F. The average molecular weight is 505 g/mol. The van der Waals surface area contributed by atoms with Crippen molar-refractivity contribution in [2.75, 3.05) is 31.1 Å². The summed E-state index contributed by atoms with van der Waals surface area (Å²) in [6.07, 6.45) is 4.39. The number of aryl methyl sites for hydroxylation is 1. The Bertz CT molecular complexity index is 1330. The van der Waals surface area contributed by atoms with E-state index in [2.05, 4.69) is 29.3 Å². The fraction of sp³-hybridized carbons (Fsp3) is 0.304. The van der Waals surface area contributed by atoms with Gasteiger partial charge in [0.2, 0.25) is 0 Å². The molecule has 0 atom stereocenters. The van der Waals surface area contributed by atoms with Crippen molar-refractivity contribution in [2.24, 2.45) is 7.05 Å². The van der Waals surface area contributed by atoms with Gasteiger partial charge in [-0.15, -0.1) is 0 Å². The molecule has 4 aromatic rings. The molecule has 3 aromatic heterocycles. The van der Waals surface area contributed by atoms with Crippen LogP contribution in [0.3, 0.4) is 0 Å². The minimum Gasteiger partial charge on any atom is -0.475 e. The van der Waals surface area contributed by atoms with Gasteiger partial charge in [0, 0.05) is 63.9 Å². The number of benzene rings is 1. The number of carboxylic acid groups (broad SMARTS) is 1. The fourth-order valence-corrected chi connectivity index (χ4v) is 3.86. The molecule has 0 aliphatic carbocycles. The average Bonchev–Trinajstić information content (AvgIpc) is 3.47. The van der Waals surface area contributed by atoms with Crippen LogP contribution >= 0.6 is 0 Å². The van der Waals surface area contributed by atoms with Gasteiger partial charge in [-0.25, -0.2) is 19.2 Å². The van der Waals surface area contributed by atoms with Crippen LogP contribution in [0.15, 0.2) is 55.2 Å². The minimum absolute atomic E-state index is 0.192. The van der Waals surface area contributed by atoms with Crippen molar-refractivity contribution in [3.05, 3.63) is 66.6 Å². The molecule has 0 radical (unpaired) electrons. The third kappa shape index (κ3) is 5.79. The first-order valence-electron chi connectivity index (χ1n) is 10.9. The summed E-state index contributed by atoms with van der Waals surface area (Å²) >= 11 is 0. The molecule has 0 spiro atoms. The lowest BCUT2D eigenvalue weighted by atomic mass is 10.2. The predicted molar refractivity (Wildman–Crippen MR) is 123 cm³/mol. The Balaban J connectivity index is 0.000000384. The number of fused-ring (bicyclic) bond motifs is 1. The van der Waals surface area contributed by atoms with E-state index in [0.29, 0.717) is 0 Å². The van der Waals surface area contributed by atoms with Gasteiger partial charge in [0.05, 0.1) is 18.1 Å². The number of anilines is 1. The molecule has 1 aromatic carbocycles. The molecule has 1 aliphatic rings. The molecule has 0 unspecified atom stereocenters. The molecule has 13 heteroatoms. The zero-order valence-corrected chi connectivity index (χ0v) is 19.2. The summed E-state index contributed by atoms with van der Waals surface area (Å²) in [5.74, 6) is -2.04. The maximum absolute atomic E-state index is 13.1. The van der Waals surface area contributed by atoms with Crippen LogP contribution in [-0.2, 0) is 18.4 Å². The van der Waals surface area contributed by atoms with E-state index in [0.717, 1.165) is 61.0 Å². The Morgan fingerprint density at radius 1 is 1.06 bits per heavy atom. The van der Waals surface area contributed by atoms with Crippen LogP contribution in [0, 0.1) is 5.82 Å². The highest BCUT2D eigenvalue weighted by Gasteiger charge is 2.38. The smallest absolute Gasteiger partial charge is 0.475 e. The molecular weight excluding hydrogens is 482 g/mol. The first kappa shape index (κ1) is 25.1. The summed E-state index contributed by atoms with van der Waals surface area (Å²) in [7, 11) is 1.91. The van der Waals surface area contributed by atoms with E-state index in [-0.39, 0.29) is 5.82 Å². The molecule has 1 fully saturated rings. The molecule has 1 saturated heterocycles. The van der Waals surface area contributed by atoms with Crippen molar-refractivity contribution in [2.45, 2.75) is 12.7 Å². The standard InChI is InChI=1S/C21H22FN7.C2HF3O2/c1-26-15-17(12-25-26)19-13-24-21-20(23-6-7-29(19)21)28-10-8-27(9-11-28)14-16-2-4-18(22)5-3-16;3-2(4,5)1(6)7/h2-7,12-13,15H,8-11,14H2,1H3;(H,6,7). The molecule has 0 bridgehead atoms. The van der Waals surface area contributed by atoms with Crippen molar-refractivity contribution < 1.29 is 27.5 Å². The zero-order chi connectivity index (χ0) is 25.9. The highest BCUT2D eigenvalue weighted by Crippen LogP contribution is 2.25. The Morgan fingerprint density at radius 3 is 2.31 bits per heavy atom. The highest BCUT2D eigenvalue weighted by atomic mass is 19.4. The lowest BCUT2D eigenvalue weighted by molar-refractivity contribution is -0.192. The minimum atomic E-state index is -5.08. The third-order valence-corrected chi connectivity index (χ3v) is 5.64. The number of imidazole rings is 1.